The smallest absolute Gasteiger partial charge is 0.221 e. The second kappa shape index (κ2) is 11.4. The zero-order valence-corrected chi connectivity index (χ0v) is 12.1. The van der Waals surface area contributed by atoms with Gasteiger partial charge >= 0.3 is 0 Å². The number of hydrogen-bond donors (Lipinski definition) is 2. The Balaban J connectivity index is 3.54. The highest BCUT2D eigenvalue weighted by molar-refractivity contribution is 5.76. The van der Waals surface area contributed by atoms with Gasteiger partial charge in [-0.25, -0.2) is 0 Å². The summed E-state index contributed by atoms with van der Waals surface area (Å²) < 4.78 is 10.8. The van der Waals surface area contributed by atoms with Crippen LogP contribution in [0.1, 0.15) is 34.1 Å². The van der Waals surface area contributed by atoms with Crippen molar-refractivity contribution in [2.45, 2.75) is 40.4 Å². The maximum Gasteiger partial charge on any atom is 0.221 e. The number of amides is 1. The molecule has 0 aromatic carbocycles. The molecule has 0 aromatic heterocycles. The van der Waals surface area contributed by atoms with E-state index in [2.05, 4.69) is 24.5 Å². The molecule has 0 aliphatic rings. The summed E-state index contributed by atoms with van der Waals surface area (Å²) in [6.45, 7) is 11.3. The lowest BCUT2D eigenvalue weighted by atomic mass is 10.2. The van der Waals surface area contributed by atoms with Crippen molar-refractivity contribution in [2.75, 3.05) is 32.8 Å². The van der Waals surface area contributed by atoms with Crippen LogP contribution in [0, 0.1) is 5.92 Å². The highest BCUT2D eigenvalue weighted by Crippen LogP contribution is 1.93. The van der Waals surface area contributed by atoms with Gasteiger partial charge in [0.15, 0.2) is 6.29 Å². The van der Waals surface area contributed by atoms with Crippen LogP contribution in [0.15, 0.2) is 0 Å². The molecule has 0 unspecified atom stereocenters. The normalized spacial score (nSPS) is 11.2. The molecule has 5 nitrogen and oxygen atoms in total. The van der Waals surface area contributed by atoms with E-state index in [0.717, 1.165) is 6.54 Å². The van der Waals surface area contributed by atoms with E-state index >= 15 is 0 Å². The highest BCUT2D eigenvalue weighted by atomic mass is 16.7. The zero-order valence-electron chi connectivity index (χ0n) is 12.1. The summed E-state index contributed by atoms with van der Waals surface area (Å²) in [6.07, 6.45) is 0.260. The summed E-state index contributed by atoms with van der Waals surface area (Å²) >= 11 is 0. The van der Waals surface area contributed by atoms with E-state index in [0.29, 0.717) is 38.6 Å². The molecule has 0 heterocycles. The Labute approximate surface area is 111 Å². The van der Waals surface area contributed by atoms with Crippen LogP contribution in [0.2, 0.25) is 0 Å². The molecule has 0 fully saturated rings. The molecule has 0 saturated carbocycles. The molecule has 1 amide bonds. The topological polar surface area (TPSA) is 59.6 Å². The number of rotatable bonds is 11. The van der Waals surface area contributed by atoms with Crippen LogP contribution in [0.3, 0.4) is 0 Å². The predicted octanol–water partition coefficient (Wildman–Crippen LogP) is 1.14. The Morgan fingerprint density at radius 1 is 1.11 bits per heavy atom. The number of hydrogen-bond acceptors (Lipinski definition) is 4. The Morgan fingerprint density at radius 2 is 1.72 bits per heavy atom. The first-order chi connectivity index (χ1) is 8.60. The van der Waals surface area contributed by atoms with Crippen molar-refractivity contribution in [2.24, 2.45) is 5.92 Å². The van der Waals surface area contributed by atoms with Crippen LogP contribution in [-0.2, 0) is 14.3 Å². The van der Waals surface area contributed by atoms with Crippen molar-refractivity contribution in [3.05, 3.63) is 0 Å². The molecule has 0 saturated heterocycles. The second-order valence-electron chi connectivity index (χ2n) is 4.49. The molecule has 2 N–H and O–H groups in total. The van der Waals surface area contributed by atoms with Crippen LogP contribution in [-0.4, -0.2) is 45.0 Å². The van der Waals surface area contributed by atoms with E-state index in [1.54, 1.807) is 0 Å². The van der Waals surface area contributed by atoms with Crippen molar-refractivity contribution >= 4 is 5.91 Å². The molecule has 0 bridgehead atoms. The first-order valence-electron chi connectivity index (χ1n) is 6.80. The Kier molecular flexibility index (Phi) is 11.0. The number of carbonyl (C=O) groups is 1. The lowest BCUT2D eigenvalue weighted by Gasteiger charge is -2.17. The molecule has 0 atom stereocenters. The first kappa shape index (κ1) is 17.4. The van der Waals surface area contributed by atoms with Gasteiger partial charge < -0.3 is 20.1 Å². The molecular weight excluding hydrogens is 232 g/mol. The van der Waals surface area contributed by atoms with Gasteiger partial charge in [0.1, 0.15) is 0 Å². The fourth-order valence-electron chi connectivity index (χ4n) is 1.37. The number of ether oxygens (including phenoxy) is 2. The van der Waals surface area contributed by atoms with Crippen molar-refractivity contribution in [3.8, 4) is 0 Å². The predicted molar refractivity (Wildman–Crippen MR) is 72.4 cm³/mol. The molecule has 0 spiro atoms. The quantitative estimate of drug-likeness (QED) is 0.432. The monoisotopic (exact) mass is 260 g/mol. The Morgan fingerprint density at radius 3 is 2.22 bits per heavy atom. The molecule has 5 heteroatoms. The van der Waals surface area contributed by atoms with Crippen molar-refractivity contribution in [1.29, 1.82) is 0 Å². The Hall–Kier alpha value is -0.650. The average molecular weight is 260 g/mol. The maximum absolute atomic E-state index is 11.4. The van der Waals surface area contributed by atoms with E-state index in [-0.39, 0.29) is 12.2 Å². The summed E-state index contributed by atoms with van der Waals surface area (Å²) in [5.74, 6) is 0.572. The van der Waals surface area contributed by atoms with Crippen molar-refractivity contribution in [1.82, 2.24) is 10.6 Å². The molecule has 0 radical (unpaired) electrons. The summed E-state index contributed by atoms with van der Waals surface area (Å²) in [6, 6.07) is 0. The molecule has 0 aliphatic carbocycles. The molecular formula is C13H28N2O3. The van der Waals surface area contributed by atoms with Gasteiger partial charge in [0, 0.05) is 39.3 Å². The lowest BCUT2D eigenvalue weighted by molar-refractivity contribution is -0.133. The van der Waals surface area contributed by atoms with Crippen molar-refractivity contribution in [3.63, 3.8) is 0 Å². The summed E-state index contributed by atoms with van der Waals surface area (Å²) in [5, 5.41) is 6.04. The molecule has 0 rings (SSSR count). The summed E-state index contributed by atoms with van der Waals surface area (Å²) in [5.41, 5.74) is 0. The van der Waals surface area contributed by atoms with Gasteiger partial charge in [-0.05, 0) is 19.8 Å². The van der Waals surface area contributed by atoms with E-state index in [1.165, 1.54) is 0 Å². The number of nitrogens with one attached hydrogen (secondary N) is 2. The summed E-state index contributed by atoms with van der Waals surface area (Å²) in [4.78, 5) is 11.4. The minimum absolute atomic E-state index is 0.0839. The third kappa shape index (κ3) is 10.5. The molecule has 108 valence electrons. The van der Waals surface area contributed by atoms with E-state index in [4.69, 9.17) is 9.47 Å². The third-order valence-corrected chi connectivity index (χ3v) is 2.25. The van der Waals surface area contributed by atoms with E-state index in [1.807, 2.05) is 13.8 Å². The van der Waals surface area contributed by atoms with Gasteiger partial charge in [-0.15, -0.1) is 0 Å². The van der Waals surface area contributed by atoms with Crippen LogP contribution in [0.25, 0.3) is 0 Å². The van der Waals surface area contributed by atoms with Crippen molar-refractivity contribution < 1.29 is 14.3 Å². The van der Waals surface area contributed by atoms with Gasteiger partial charge in [0.05, 0.1) is 0 Å². The van der Waals surface area contributed by atoms with Gasteiger partial charge in [-0.2, -0.15) is 0 Å². The van der Waals surface area contributed by atoms with Crippen LogP contribution in [0.4, 0.5) is 0 Å². The largest absolute Gasteiger partial charge is 0.356 e. The summed E-state index contributed by atoms with van der Waals surface area (Å²) in [7, 11) is 0. The van der Waals surface area contributed by atoms with Crippen LogP contribution in [0.5, 0.6) is 0 Å². The first-order valence-corrected chi connectivity index (χ1v) is 6.80. The van der Waals surface area contributed by atoms with Crippen LogP contribution < -0.4 is 10.6 Å². The van der Waals surface area contributed by atoms with E-state index < -0.39 is 0 Å². The maximum atomic E-state index is 11.4. The SMILES string of the molecule is CCOC(CNCCC(=O)NCC(C)C)OCC. The van der Waals surface area contributed by atoms with E-state index in [9.17, 15) is 4.79 Å². The highest BCUT2D eigenvalue weighted by Gasteiger charge is 2.07. The van der Waals surface area contributed by atoms with Gasteiger partial charge in [-0.1, -0.05) is 13.8 Å². The minimum atomic E-state index is -0.223. The molecule has 0 aromatic rings. The molecule has 18 heavy (non-hydrogen) atoms. The fourth-order valence-corrected chi connectivity index (χ4v) is 1.37. The third-order valence-electron chi connectivity index (χ3n) is 2.25. The van der Waals surface area contributed by atoms with Gasteiger partial charge in [0.25, 0.3) is 0 Å². The minimum Gasteiger partial charge on any atom is -0.356 e. The van der Waals surface area contributed by atoms with Crippen LogP contribution >= 0.6 is 0 Å². The molecule has 0 aliphatic heterocycles. The lowest BCUT2D eigenvalue weighted by Crippen LogP contribution is -2.35. The van der Waals surface area contributed by atoms with Gasteiger partial charge in [-0.3, -0.25) is 4.79 Å². The standard InChI is InChI=1S/C13H28N2O3/c1-5-17-13(18-6-2)10-14-8-7-12(16)15-9-11(3)4/h11,13-14H,5-10H2,1-4H3,(H,15,16). The second-order valence-corrected chi connectivity index (χ2v) is 4.49. The average Bonchev–Trinajstić information content (AvgIpc) is 2.32. The number of carbonyl (C=O) groups excluding carboxylic acids is 1. The van der Waals surface area contributed by atoms with Gasteiger partial charge in [0.2, 0.25) is 5.91 Å². The zero-order chi connectivity index (χ0) is 13.8. The Bertz CT molecular complexity index is 204. The fraction of sp³-hybridized carbons (Fsp3) is 0.923.